The van der Waals surface area contributed by atoms with E-state index in [2.05, 4.69) is 19.9 Å². The molecule has 2 N–H and O–H groups in total. The van der Waals surface area contributed by atoms with Crippen molar-refractivity contribution in [2.45, 2.75) is 89.3 Å². The lowest BCUT2D eigenvalue weighted by Gasteiger charge is -2.63. The molecular formula is C25H35NO4. The molecule has 0 amide bonds. The zero-order valence-electron chi connectivity index (χ0n) is 18.5. The third kappa shape index (κ3) is 2.47. The van der Waals surface area contributed by atoms with Gasteiger partial charge in [-0.15, -0.1) is 0 Å². The summed E-state index contributed by atoms with van der Waals surface area (Å²) in [4.78, 5) is 0. The van der Waals surface area contributed by atoms with Gasteiger partial charge in [0.25, 0.3) is 0 Å². The zero-order valence-corrected chi connectivity index (χ0v) is 18.5. The average Bonchev–Trinajstić information content (AvgIpc) is 3.26. The van der Waals surface area contributed by atoms with E-state index in [0.717, 1.165) is 63.4 Å². The molecule has 5 rings (SSSR count). The van der Waals surface area contributed by atoms with Crippen LogP contribution in [0.3, 0.4) is 0 Å². The minimum absolute atomic E-state index is 0.115. The molecule has 30 heavy (non-hydrogen) atoms. The van der Waals surface area contributed by atoms with E-state index in [1.54, 1.807) is 6.26 Å². The quantitative estimate of drug-likeness (QED) is 0.730. The van der Waals surface area contributed by atoms with Crippen LogP contribution in [0.4, 0.5) is 0 Å². The first-order valence-corrected chi connectivity index (χ1v) is 11.7. The SMILES string of the molecule is COc1occ([C@H]2CC[C@]3(O)[C@@H]4CC[C@@H]5C[C@@H](O)CC[C@]5(C)[C@H]4CC[C@]23C)c1C#N. The average molecular weight is 414 g/mol. The molecule has 4 saturated carbocycles. The van der Waals surface area contributed by atoms with Crippen LogP contribution in [0.2, 0.25) is 0 Å². The lowest BCUT2D eigenvalue weighted by molar-refractivity contribution is -0.205. The molecule has 0 saturated heterocycles. The molecule has 8 atom stereocenters. The Morgan fingerprint density at radius 3 is 2.63 bits per heavy atom. The van der Waals surface area contributed by atoms with Crippen LogP contribution in [0.5, 0.6) is 5.95 Å². The maximum Gasteiger partial charge on any atom is 0.302 e. The van der Waals surface area contributed by atoms with E-state index in [-0.39, 0.29) is 28.8 Å². The molecule has 0 unspecified atom stereocenters. The highest BCUT2D eigenvalue weighted by atomic mass is 16.6. The fourth-order valence-corrected chi connectivity index (χ4v) is 8.57. The maximum atomic E-state index is 12.3. The van der Waals surface area contributed by atoms with Gasteiger partial charge in [-0.25, -0.2) is 0 Å². The molecule has 0 aromatic carbocycles. The Morgan fingerprint density at radius 2 is 1.90 bits per heavy atom. The zero-order chi connectivity index (χ0) is 21.3. The van der Waals surface area contributed by atoms with Gasteiger partial charge >= 0.3 is 5.95 Å². The largest absolute Gasteiger partial charge is 0.468 e. The summed E-state index contributed by atoms with van der Waals surface area (Å²) in [5.41, 5.74) is 0.668. The number of aliphatic hydroxyl groups excluding tert-OH is 1. The summed E-state index contributed by atoms with van der Waals surface area (Å²) in [6.07, 6.45) is 10.4. The number of methoxy groups -OCH3 is 1. The first-order valence-electron chi connectivity index (χ1n) is 11.7. The van der Waals surface area contributed by atoms with Gasteiger partial charge in [-0.05, 0) is 86.9 Å². The highest BCUT2D eigenvalue weighted by molar-refractivity contribution is 5.47. The summed E-state index contributed by atoms with van der Waals surface area (Å²) in [6, 6.07) is 2.28. The van der Waals surface area contributed by atoms with Crippen LogP contribution in [0.15, 0.2) is 10.7 Å². The van der Waals surface area contributed by atoms with E-state index < -0.39 is 5.60 Å². The van der Waals surface area contributed by atoms with Crippen molar-refractivity contribution in [2.75, 3.05) is 7.11 Å². The highest BCUT2D eigenvalue weighted by Crippen LogP contribution is 2.70. The fourth-order valence-electron chi connectivity index (χ4n) is 8.57. The van der Waals surface area contributed by atoms with E-state index >= 15 is 0 Å². The van der Waals surface area contributed by atoms with Crippen LogP contribution in [-0.2, 0) is 0 Å². The predicted octanol–water partition coefficient (Wildman–Crippen LogP) is 4.76. The molecule has 0 spiro atoms. The number of ether oxygens (including phenoxy) is 1. The Labute approximate surface area is 179 Å². The normalized spacial score (nSPS) is 47.7. The summed E-state index contributed by atoms with van der Waals surface area (Å²) in [5, 5.41) is 32.2. The molecule has 5 nitrogen and oxygen atoms in total. The minimum Gasteiger partial charge on any atom is -0.468 e. The van der Waals surface area contributed by atoms with Gasteiger partial charge in [-0.2, -0.15) is 5.26 Å². The second kappa shape index (κ2) is 6.74. The van der Waals surface area contributed by atoms with Crippen LogP contribution in [0, 0.1) is 39.9 Å². The van der Waals surface area contributed by atoms with Crippen LogP contribution < -0.4 is 4.74 Å². The van der Waals surface area contributed by atoms with Crippen LogP contribution in [-0.4, -0.2) is 29.0 Å². The Hall–Kier alpha value is -1.51. The summed E-state index contributed by atoms with van der Waals surface area (Å²) in [5.74, 6) is 1.81. The van der Waals surface area contributed by atoms with E-state index in [4.69, 9.17) is 9.15 Å². The standard InChI is InChI=1S/C25H35NO4/c1-23-9-6-16(27)12-15(23)4-5-21-20(23)7-10-24(2)19(8-11-25(21,24)28)18-14-30-22(29-3)17(18)13-26/h14-16,19-21,27-28H,4-12H2,1-3H3/t15-,16+,19-,20+,21-,23+,24-,25+/m1/s1. The smallest absolute Gasteiger partial charge is 0.302 e. The van der Waals surface area contributed by atoms with Crippen molar-refractivity contribution in [3.8, 4) is 12.0 Å². The highest BCUT2D eigenvalue weighted by Gasteiger charge is 2.67. The third-order valence-electron chi connectivity index (χ3n) is 10.3. The van der Waals surface area contributed by atoms with Gasteiger partial charge in [0.2, 0.25) is 0 Å². The monoisotopic (exact) mass is 413 g/mol. The second-order valence-corrected chi connectivity index (χ2v) is 11.1. The van der Waals surface area contributed by atoms with Crippen LogP contribution in [0.25, 0.3) is 0 Å². The second-order valence-electron chi connectivity index (χ2n) is 11.1. The van der Waals surface area contributed by atoms with Crippen molar-refractivity contribution in [3.63, 3.8) is 0 Å². The summed E-state index contributed by atoms with van der Waals surface area (Å²) in [7, 11) is 1.53. The number of hydrogen-bond acceptors (Lipinski definition) is 5. The molecule has 0 bridgehead atoms. The first-order chi connectivity index (χ1) is 14.3. The van der Waals surface area contributed by atoms with Gasteiger partial charge in [-0.1, -0.05) is 13.8 Å². The number of nitriles is 1. The molecule has 0 radical (unpaired) electrons. The number of aliphatic hydroxyl groups is 2. The van der Waals surface area contributed by atoms with Crippen molar-refractivity contribution in [1.29, 1.82) is 5.26 Å². The Bertz CT molecular complexity index is 873. The minimum atomic E-state index is -0.706. The van der Waals surface area contributed by atoms with Gasteiger partial charge in [0.1, 0.15) is 11.6 Å². The Kier molecular flexibility index (Phi) is 4.58. The van der Waals surface area contributed by atoms with Gasteiger partial charge in [0, 0.05) is 11.0 Å². The number of furan rings is 1. The molecule has 4 aliphatic rings. The van der Waals surface area contributed by atoms with Crippen molar-refractivity contribution in [3.05, 3.63) is 17.4 Å². The first kappa shape index (κ1) is 20.4. The molecule has 1 aromatic rings. The van der Waals surface area contributed by atoms with Gasteiger partial charge in [0.05, 0.1) is 25.1 Å². The molecule has 164 valence electrons. The lowest BCUT2D eigenvalue weighted by Crippen LogP contribution is -2.62. The Balaban J connectivity index is 1.50. The van der Waals surface area contributed by atoms with E-state index in [0.29, 0.717) is 23.3 Å². The molecule has 4 aliphatic carbocycles. The van der Waals surface area contributed by atoms with Gasteiger partial charge in [0.15, 0.2) is 0 Å². The van der Waals surface area contributed by atoms with E-state index in [9.17, 15) is 15.5 Å². The molecule has 0 aliphatic heterocycles. The summed E-state index contributed by atoms with van der Waals surface area (Å²) in [6.45, 7) is 4.69. The molecule has 1 heterocycles. The van der Waals surface area contributed by atoms with Gasteiger partial charge < -0.3 is 19.4 Å². The maximum absolute atomic E-state index is 12.3. The number of rotatable bonds is 2. The number of nitrogens with zero attached hydrogens (tertiary/aromatic N) is 1. The molecule has 5 heteroatoms. The van der Waals surface area contributed by atoms with Gasteiger partial charge in [-0.3, -0.25) is 0 Å². The summed E-state index contributed by atoms with van der Waals surface area (Å²) < 4.78 is 10.8. The predicted molar refractivity (Wildman–Crippen MR) is 112 cm³/mol. The third-order valence-corrected chi connectivity index (χ3v) is 10.3. The van der Waals surface area contributed by atoms with Crippen molar-refractivity contribution in [1.82, 2.24) is 0 Å². The summed E-state index contributed by atoms with van der Waals surface area (Å²) >= 11 is 0. The van der Waals surface area contributed by atoms with Crippen molar-refractivity contribution >= 4 is 0 Å². The molecule has 4 fully saturated rings. The van der Waals surface area contributed by atoms with E-state index in [1.807, 2.05) is 0 Å². The van der Waals surface area contributed by atoms with Crippen LogP contribution in [0.1, 0.15) is 88.7 Å². The number of fused-ring (bicyclic) bond motifs is 5. The van der Waals surface area contributed by atoms with E-state index in [1.165, 1.54) is 7.11 Å². The van der Waals surface area contributed by atoms with Crippen molar-refractivity contribution < 1.29 is 19.4 Å². The van der Waals surface area contributed by atoms with Crippen LogP contribution >= 0.6 is 0 Å². The Morgan fingerprint density at radius 1 is 1.10 bits per heavy atom. The lowest BCUT2D eigenvalue weighted by atomic mass is 9.43. The topological polar surface area (TPSA) is 86.6 Å². The van der Waals surface area contributed by atoms with Crippen molar-refractivity contribution in [2.24, 2.45) is 28.6 Å². The molecule has 1 aromatic heterocycles. The number of hydrogen-bond donors (Lipinski definition) is 2. The molecular weight excluding hydrogens is 378 g/mol. The fraction of sp³-hybridized carbons (Fsp3) is 0.800.